The fourth-order valence-corrected chi connectivity index (χ4v) is 3.13. The largest absolute Gasteiger partial charge is 0.469 e. The highest BCUT2D eigenvalue weighted by molar-refractivity contribution is 4.97. The summed E-state index contributed by atoms with van der Waals surface area (Å²) in [7, 11) is 0. The van der Waals surface area contributed by atoms with E-state index < -0.39 is 0 Å². The Balaban J connectivity index is 1.68. The van der Waals surface area contributed by atoms with Crippen LogP contribution in [-0.2, 0) is 6.42 Å². The molecule has 0 bridgehead atoms. The second-order valence-corrected chi connectivity index (χ2v) is 6.78. The Bertz CT molecular complexity index is 302. The molecule has 0 spiro atoms. The number of hydrogen-bond acceptors (Lipinski definition) is 1. The van der Waals surface area contributed by atoms with Crippen LogP contribution in [0.1, 0.15) is 109 Å². The molecule has 0 aliphatic carbocycles. The lowest BCUT2D eigenvalue weighted by Gasteiger charge is -2.03. The van der Waals surface area contributed by atoms with Crippen molar-refractivity contribution in [2.75, 3.05) is 0 Å². The third kappa shape index (κ3) is 11.9. The summed E-state index contributed by atoms with van der Waals surface area (Å²) in [5.41, 5.74) is 0. The van der Waals surface area contributed by atoms with Gasteiger partial charge in [-0.15, -0.1) is 0 Å². The van der Waals surface area contributed by atoms with Gasteiger partial charge in [-0.1, -0.05) is 96.8 Å². The van der Waals surface area contributed by atoms with Crippen LogP contribution in [0.3, 0.4) is 0 Å². The number of furan rings is 1. The predicted molar refractivity (Wildman–Crippen MR) is 97.3 cm³/mol. The molecule has 0 aliphatic rings. The second kappa shape index (κ2) is 15.2. The highest BCUT2D eigenvalue weighted by Crippen LogP contribution is 2.14. The van der Waals surface area contributed by atoms with Crippen molar-refractivity contribution in [2.45, 2.75) is 110 Å². The Hall–Kier alpha value is -0.720. The van der Waals surface area contributed by atoms with E-state index in [2.05, 4.69) is 13.0 Å². The minimum atomic E-state index is 1.12. The van der Waals surface area contributed by atoms with Crippen molar-refractivity contribution >= 4 is 0 Å². The Kier molecular flexibility index (Phi) is 13.3. The number of unbranched alkanes of at least 4 members (excludes halogenated alkanes) is 14. The first-order chi connectivity index (χ1) is 10.9. The van der Waals surface area contributed by atoms with Crippen LogP contribution in [0.25, 0.3) is 0 Å². The summed E-state index contributed by atoms with van der Waals surface area (Å²) in [6.45, 7) is 2.29. The van der Waals surface area contributed by atoms with Gasteiger partial charge in [0.1, 0.15) is 5.76 Å². The fraction of sp³-hybridized carbons (Fsp3) is 0.810. The fourth-order valence-electron chi connectivity index (χ4n) is 3.13. The van der Waals surface area contributed by atoms with Crippen molar-refractivity contribution in [3.05, 3.63) is 24.2 Å². The summed E-state index contributed by atoms with van der Waals surface area (Å²) in [6, 6.07) is 4.07. The van der Waals surface area contributed by atoms with Gasteiger partial charge >= 0.3 is 0 Å². The molecule has 0 saturated heterocycles. The van der Waals surface area contributed by atoms with Crippen molar-refractivity contribution in [1.82, 2.24) is 0 Å². The van der Waals surface area contributed by atoms with Crippen LogP contribution in [0.4, 0.5) is 0 Å². The first kappa shape index (κ1) is 19.3. The molecule has 1 aromatic heterocycles. The van der Waals surface area contributed by atoms with Crippen molar-refractivity contribution in [1.29, 1.82) is 0 Å². The van der Waals surface area contributed by atoms with Crippen LogP contribution >= 0.6 is 0 Å². The maximum atomic E-state index is 5.35. The maximum Gasteiger partial charge on any atom is 0.103 e. The molecule has 0 radical (unpaired) electrons. The zero-order chi connectivity index (χ0) is 15.7. The summed E-state index contributed by atoms with van der Waals surface area (Å²) in [4.78, 5) is 0. The molecule has 0 saturated carbocycles. The van der Waals surface area contributed by atoms with Gasteiger partial charge < -0.3 is 4.42 Å². The molecule has 128 valence electrons. The predicted octanol–water partition coefficient (Wildman–Crippen LogP) is 7.69. The van der Waals surface area contributed by atoms with Crippen molar-refractivity contribution in [2.24, 2.45) is 0 Å². The van der Waals surface area contributed by atoms with Gasteiger partial charge in [0.15, 0.2) is 0 Å². The third-order valence-corrected chi connectivity index (χ3v) is 4.61. The Morgan fingerprint density at radius 2 is 1.09 bits per heavy atom. The lowest BCUT2D eigenvalue weighted by Crippen LogP contribution is -1.85. The van der Waals surface area contributed by atoms with Crippen LogP contribution in [0.2, 0.25) is 0 Å². The van der Waals surface area contributed by atoms with Crippen molar-refractivity contribution in [3.63, 3.8) is 0 Å². The van der Waals surface area contributed by atoms with Gasteiger partial charge in [0, 0.05) is 6.42 Å². The molecule has 1 rings (SSSR count). The summed E-state index contributed by atoms with van der Waals surface area (Å²) in [5.74, 6) is 1.15. The summed E-state index contributed by atoms with van der Waals surface area (Å²) < 4.78 is 5.35. The smallest absolute Gasteiger partial charge is 0.103 e. The minimum absolute atomic E-state index is 1.12. The average molecular weight is 307 g/mol. The van der Waals surface area contributed by atoms with E-state index in [1.807, 2.05) is 6.07 Å². The molecule has 0 atom stereocenters. The van der Waals surface area contributed by atoms with E-state index in [1.54, 1.807) is 6.26 Å². The minimum Gasteiger partial charge on any atom is -0.469 e. The second-order valence-electron chi connectivity index (χ2n) is 6.78. The lowest BCUT2D eigenvalue weighted by atomic mass is 10.0. The monoisotopic (exact) mass is 306 g/mol. The molecular formula is C21H38O. The summed E-state index contributed by atoms with van der Waals surface area (Å²) >= 11 is 0. The van der Waals surface area contributed by atoms with Crippen LogP contribution in [0, 0.1) is 0 Å². The molecule has 0 amide bonds. The molecule has 0 fully saturated rings. The molecular weight excluding hydrogens is 268 g/mol. The zero-order valence-corrected chi connectivity index (χ0v) is 15.0. The highest BCUT2D eigenvalue weighted by atomic mass is 16.3. The van der Waals surface area contributed by atoms with Gasteiger partial charge in [0.25, 0.3) is 0 Å². The summed E-state index contributed by atoms with van der Waals surface area (Å²) in [5, 5.41) is 0. The highest BCUT2D eigenvalue weighted by Gasteiger charge is 1.96. The normalized spacial score (nSPS) is 11.1. The maximum absolute atomic E-state index is 5.35. The van der Waals surface area contributed by atoms with E-state index in [-0.39, 0.29) is 0 Å². The number of hydrogen-bond donors (Lipinski definition) is 0. The first-order valence-corrected chi connectivity index (χ1v) is 9.96. The quantitative estimate of drug-likeness (QED) is 0.285. The first-order valence-electron chi connectivity index (χ1n) is 9.96. The average Bonchev–Trinajstić information content (AvgIpc) is 3.04. The molecule has 1 aromatic rings. The van der Waals surface area contributed by atoms with Crippen molar-refractivity contribution in [3.8, 4) is 0 Å². The van der Waals surface area contributed by atoms with Gasteiger partial charge in [0.05, 0.1) is 6.26 Å². The molecule has 1 nitrogen and oxygen atoms in total. The van der Waals surface area contributed by atoms with Crippen LogP contribution in [0.15, 0.2) is 22.8 Å². The van der Waals surface area contributed by atoms with Gasteiger partial charge in [0.2, 0.25) is 0 Å². The van der Waals surface area contributed by atoms with E-state index in [4.69, 9.17) is 4.42 Å². The molecule has 0 N–H and O–H groups in total. The van der Waals surface area contributed by atoms with Crippen molar-refractivity contribution < 1.29 is 4.42 Å². The van der Waals surface area contributed by atoms with E-state index in [0.29, 0.717) is 0 Å². The zero-order valence-electron chi connectivity index (χ0n) is 15.0. The van der Waals surface area contributed by atoms with Crippen LogP contribution < -0.4 is 0 Å². The van der Waals surface area contributed by atoms with Crippen LogP contribution in [-0.4, -0.2) is 0 Å². The molecule has 1 heterocycles. The standard InChI is InChI=1S/C21H38O/c1-2-3-4-5-6-7-8-9-10-11-12-13-14-15-16-18-21-19-17-20-22-21/h17,19-20H,2-16,18H2,1H3. The van der Waals surface area contributed by atoms with E-state index in [9.17, 15) is 0 Å². The Morgan fingerprint density at radius 3 is 1.50 bits per heavy atom. The van der Waals surface area contributed by atoms with E-state index in [1.165, 1.54) is 96.3 Å². The number of aryl methyl sites for hydroxylation is 1. The van der Waals surface area contributed by atoms with Gasteiger partial charge in [-0.05, 0) is 18.6 Å². The Morgan fingerprint density at radius 1 is 0.636 bits per heavy atom. The number of rotatable bonds is 16. The van der Waals surface area contributed by atoms with E-state index in [0.717, 1.165) is 12.2 Å². The van der Waals surface area contributed by atoms with Crippen LogP contribution in [0.5, 0.6) is 0 Å². The molecule has 0 aliphatic heterocycles. The third-order valence-electron chi connectivity index (χ3n) is 4.61. The summed E-state index contributed by atoms with van der Waals surface area (Å²) in [6.07, 6.45) is 24.3. The molecule has 1 heteroatoms. The topological polar surface area (TPSA) is 13.1 Å². The molecule has 22 heavy (non-hydrogen) atoms. The lowest BCUT2D eigenvalue weighted by molar-refractivity contribution is 0.489. The van der Waals surface area contributed by atoms with Gasteiger partial charge in [-0.2, -0.15) is 0 Å². The Labute approximate surface area is 138 Å². The molecule has 0 aromatic carbocycles. The van der Waals surface area contributed by atoms with Gasteiger partial charge in [-0.25, -0.2) is 0 Å². The van der Waals surface area contributed by atoms with E-state index >= 15 is 0 Å². The molecule has 0 unspecified atom stereocenters. The SMILES string of the molecule is CCCCCCCCCCCCCCCCCc1ccco1. The van der Waals surface area contributed by atoms with Gasteiger partial charge in [-0.3, -0.25) is 0 Å².